The first-order valence-corrected chi connectivity index (χ1v) is 10.5. The van der Waals surface area contributed by atoms with Gasteiger partial charge >= 0.3 is 0 Å². The molecule has 4 rings (SSSR count). The Morgan fingerprint density at radius 1 is 1.29 bits per heavy atom. The van der Waals surface area contributed by atoms with Crippen molar-refractivity contribution in [2.24, 2.45) is 0 Å². The number of amides is 1. The van der Waals surface area contributed by atoms with E-state index in [4.69, 9.17) is 4.74 Å². The average molecular weight is 441 g/mol. The zero-order valence-electron chi connectivity index (χ0n) is 16.7. The zero-order chi connectivity index (χ0) is 22.0. The number of halogens is 1. The standard InChI is InChI=1S/C22H20FN3O4S/c1-30-16-6-5-14(23)12-15(16)20(27)18-19(17-4-2-11-31-17)26(22(29)21(18)28)9-3-8-25-10-7-24-13-25/h2,4-7,10-13,19,27H,3,8-9H2,1H3/b20-18+. The molecule has 9 heteroatoms. The summed E-state index contributed by atoms with van der Waals surface area (Å²) < 4.78 is 21.0. The number of thiophene rings is 1. The number of ether oxygens (including phenoxy) is 1. The molecule has 0 spiro atoms. The lowest BCUT2D eigenvalue weighted by Crippen LogP contribution is -2.31. The van der Waals surface area contributed by atoms with E-state index in [0.29, 0.717) is 19.5 Å². The largest absolute Gasteiger partial charge is 0.507 e. The number of aromatic nitrogens is 2. The van der Waals surface area contributed by atoms with Gasteiger partial charge in [0.15, 0.2) is 0 Å². The molecule has 1 aliphatic heterocycles. The number of rotatable bonds is 7. The molecule has 0 bridgehead atoms. The van der Waals surface area contributed by atoms with Crippen LogP contribution in [0.3, 0.4) is 0 Å². The highest BCUT2D eigenvalue weighted by molar-refractivity contribution is 7.10. The summed E-state index contributed by atoms with van der Waals surface area (Å²) in [6.45, 7) is 0.931. The molecule has 0 aliphatic carbocycles. The zero-order valence-corrected chi connectivity index (χ0v) is 17.5. The third-order valence-corrected chi connectivity index (χ3v) is 6.07. The molecule has 0 saturated carbocycles. The van der Waals surface area contributed by atoms with Crippen LogP contribution in [0.5, 0.6) is 5.75 Å². The monoisotopic (exact) mass is 441 g/mol. The number of hydrogen-bond donors (Lipinski definition) is 1. The van der Waals surface area contributed by atoms with Crippen LogP contribution < -0.4 is 4.74 Å². The van der Waals surface area contributed by atoms with E-state index in [0.717, 1.165) is 10.9 Å². The van der Waals surface area contributed by atoms with Crippen LogP contribution in [0, 0.1) is 5.82 Å². The molecule has 1 fully saturated rings. The second kappa shape index (κ2) is 8.73. The second-order valence-electron chi connectivity index (χ2n) is 7.01. The number of ketones is 1. The Morgan fingerprint density at radius 2 is 2.13 bits per heavy atom. The molecule has 3 aromatic rings. The van der Waals surface area contributed by atoms with Gasteiger partial charge in [-0.05, 0) is 36.1 Å². The number of imidazole rings is 1. The van der Waals surface area contributed by atoms with Crippen molar-refractivity contribution in [2.45, 2.75) is 19.0 Å². The average Bonchev–Trinajstić information content (AvgIpc) is 3.52. The molecule has 31 heavy (non-hydrogen) atoms. The van der Waals surface area contributed by atoms with E-state index in [9.17, 15) is 19.1 Å². The Balaban J connectivity index is 1.74. The summed E-state index contributed by atoms with van der Waals surface area (Å²) in [6, 6.07) is 6.52. The first-order valence-electron chi connectivity index (χ1n) is 9.62. The number of Topliss-reactive ketones (excluding diaryl/α,β-unsaturated/α-hetero) is 1. The second-order valence-corrected chi connectivity index (χ2v) is 7.99. The maximum Gasteiger partial charge on any atom is 0.295 e. The van der Waals surface area contributed by atoms with Crippen molar-refractivity contribution in [3.63, 3.8) is 0 Å². The lowest BCUT2D eigenvalue weighted by atomic mass is 9.99. The fraction of sp³-hybridized carbons (Fsp3) is 0.227. The molecular weight excluding hydrogens is 421 g/mol. The number of methoxy groups -OCH3 is 1. The van der Waals surface area contributed by atoms with Gasteiger partial charge in [-0.25, -0.2) is 9.37 Å². The van der Waals surface area contributed by atoms with Crippen molar-refractivity contribution in [2.75, 3.05) is 13.7 Å². The fourth-order valence-electron chi connectivity index (χ4n) is 3.71. The summed E-state index contributed by atoms with van der Waals surface area (Å²) in [7, 11) is 1.38. The lowest BCUT2D eigenvalue weighted by Gasteiger charge is -2.24. The fourth-order valence-corrected chi connectivity index (χ4v) is 4.55. The molecule has 1 unspecified atom stereocenters. The molecule has 3 heterocycles. The quantitative estimate of drug-likeness (QED) is 0.344. The van der Waals surface area contributed by atoms with Gasteiger partial charge in [0.25, 0.3) is 11.7 Å². The van der Waals surface area contributed by atoms with Gasteiger partial charge in [-0.3, -0.25) is 9.59 Å². The lowest BCUT2D eigenvalue weighted by molar-refractivity contribution is -0.139. The molecule has 1 amide bonds. The summed E-state index contributed by atoms with van der Waals surface area (Å²) in [4.78, 5) is 32.0. The Hall–Kier alpha value is -3.46. The molecule has 160 valence electrons. The maximum absolute atomic E-state index is 13.9. The van der Waals surface area contributed by atoms with Crippen molar-refractivity contribution >= 4 is 28.8 Å². The van der Waals surface area contributed by atoms with E-state index in [1.807, 2.05) is 22.2 Å². The number of benzene rings is 1. The number of aliphatic hydroxyl groups is 1. The predicted molar refractivity (Wildman–Crippen MR) is 113 cm³/mol. The third kappa shape index (κ3) is 3.96. The molecule has 7 nitrogen and oxygen atoms in total. The van der Waals surface area contributed by atoms with Gasteiger partial charge in [0.05, 0.1) is 30.6 Å². The minimum atomic E-state index is -0.801. The highest BCUT2D eigenvalue weighted by atomic mass is 32.1. The summed E-state index contributed by atoms with van der Waals surface area (Å²) in [5, 5.41) is 12.9. The Bertz CT molecular complexity index is 1130. The van der Waals surface area contributed by atoms with Gasteiger partial charge in [0, 0.05) is 30.4 Å². The topological polar surface area (TPSA) is 84.7 Å². The number of nitrogens with zero attached hydrogens (tertiary/aromatic N) is 3. The van der Waals surface area contributed by atoms with Crippen molar-refractivity contribution in [3.8, 4) is 5.75 Å². The van der Waals surface area contributed by atoms with Crippen molar-refractivity contribution < 1.29 is 23.8 Å². The molecule has 1 aliphatic rings. The van der Waals surface area contributed by atoms with Crippen LogP contribution in [0.15, 0.2) is 60.0 Å². The van der Waals surface area contributed by atoms with Crippen LogP contribution in [0.25, 0.3) is 5.76 Å². The number of carbonyl (C=O) groups is 2. The summed E-state index contributed by atoms with van der Waals surface area (Å²) in [5.74, 6) is -2.34. The predicted octanol–water partition coefficient (Wildman–Crippen LogP) is 3.60. The van der Waals surface area contributed by atoms with E-state index >= 15 is 0 Å². The van der Waals surface area contributed by atoms with Crippen LogP contribution in [0.4, 0.5) is 4.39 Å². The molecule has 0 radical (unpaired) electrons. The van der Waals surface area contributed by atoms with Crippen molar-refractivity contribution in [1.82, 2.24) is 14.5 Å². The van der Waals surface area contributed by atoms with Crippen LogP contribution >= 0.6 is 11.3 Å². The SMILES string of the molecule is COc1ccc(F)cc1/C(O)=C1\C(=O)C(=O)N(CCCn2ccnc2)C1c1cccs1. The molecule has 1 saturated heterocycles. The van der Waals surface area contributed by atoms with Gasteiger partial charge in [0.2, 0.25) is 0 Å². The van der Waals surface area contributed by atoms with Crippen molar-refractivity contribution in [1.29, 1.82) is 0 Å². The van der Waals surface area contributed by atoms with Gasteiger partial charge < -0.3 is 19.3 Å². The summed E-state index contributed by atoms with van der Waals surface area (Å²) in [6.07, 6.45) is 5.76. The van der Waals surface area contributed by atoms with Gasteiger partial charge in [-0.15, -0.1) is 11.3 Å². The first kappa shape index (κ1) is 20.8. The molecular formula is C22H20FN3O4S. The normalized spacial score (nSPS) is 18.0. The van der Waals surface area contributed by atoms with E-state index in [1.54, 1.807) is 18.6 Å². The van der Waals surface area contributed by atoms with Gasteiger partial charge in [-0.2, -0.15) is 0 Å². The van der Waals surface area contributed by atoms with Gasteiger partial charge in [0.1, 0.15) is 17.3 Å². The van der Waals surface area contributed by atoms with E-state index < -0.39 is 29.3 Å². The molecule has 2 aromatic heterocycles. The van der Waals surface area contributed by atoms with E-state index in [1.165, 1.54) is 35.5 Å². The summed E-state index contributed by atoms with van der Waals surface area (Å²) in [5.41, 5.74) is -0.0422. The maximum atomic E-state index is 13.9. The number of hydrogen-bond acceptors (Lipinski definition) is 6. The molecule has 1 N–H and O–H groups in total. The number of likely N-dealkylation sites (tertiary alicyclic amines) is 1. The Morgan fingerprint density at radius 3 is 2.81 bits per heavy atom. The first-order chi connectivity index (χ1) is 15.0. The van der Waals surface area contributed by atoms with E-state index in [-0.39, 0.29) is 16.9 Å². The molecule has 1 aromatic carbocycles. The van der Waals surface area contributed by atoms with Crippen LogP contribution in [-0.4, -0.2) is 44.9 Å². The Labute approximate surface area is 182 Å². The van der Waals surface area contributed by atoms with E-state index in [2.05, 4.69) is 4.98 Å². The summed E-state index contributed by atoms with van der Waals surface area (Å²) >= 11 is 1.38. The smallest absolute Gasteiger partial charge is 0.295 e. The van der Waals surface area contributed by atoms with Gasteiger partial charge in [-0.1, -0.05) is 6.07 Å². The van der Waals surface area contributed by atoms with Crippen LogP contribution in [0.1, 0.15) is 22.9 Å². The number of aliphatic hydroxyl groups excluding tert-OH is 1. The minimum absolute atomic E-state index is 0.0282. The minimum Gasteiger partial charge on any atom is -0.507 e. The number of carbonyl (C=O) groups excluding carboxylic acids is 2. The van der Waals surface area contributed by atoms with Crippen LogP contribution in [0.2, 0.25) is 0 Å². The highest BCUT2D eigenvalue weighted by Crippen LogP contribution is 2.42. The third-order valence-electron chi connectivity index (χ3n) is 5.14. The Kier molecular flexibility index (Phi) is 5.85. The van der Waals surface area contributed by atoms with Crippen LogP contribution in [-0.2, 0) is 16.1 Å². The van der Waals surface area contributed by atoms with Crippen molar-refractivity contribution in [3.05, 3.63) is 76.3 Å². The molecule has 1 atom stereocenters. The number of aryl methyl sites for hydroxylation is 1. The highest BCUT2D eigenvalue weighted by Gasteiger charge is 2.46.